The van der Waals surface area contributed by atoms with Gasteiger partial charge in [0.05, 0.1) is 0 Å². The maximum absolute atomic E-state index is 12.3. The van der Waals surface area contributed by atoms with Crippen LogP contribution in [0.3, 0.4) is 0 Å². The van der Waals surface area contributed by atoms with Crippen LogP contribution in [0.4, 0.5) is 0 Å². The fraction of sp³-hybridized carbons (Fsp3) is 0.562. The maximum Gasteiger partial charge on any atom is 0.251 e. The molecule has 0 aromatic heterocycles. The third kappa shape index (κ3) is 2.52. The molecule has 3 heterocycles. The average molecular weight is 258 g/mol. The lowest BCUT2D eigenvalue weighted by Gasteiger charge is -2.48. The zero-order valence-electron chi connectivity index (χ0n) is 11.7. The van der Waals surface area contributed by atoms with Gasteiger partial charge in [-0.25, -0.2) is 0 Å². The molecule has 19 heavy (non-hydrogen) atoms. The van der Waals surface area contributed by atoms with Crippen molar-refractivity contribution >= 4 is 5.91 Å². The number of nitrogens with zero attached hydrogens (tertiary/aromatic N) is 1. The number of benzene rings is 1. The molecule has 0 spiro atoms. The predicted molar refractivity (Wildman–Crippen MR) is 76.1 cm³/mol. The molecular formula is C16H22N2O. The lowest BCUT2D eigenvalue weighted by molar-refractivity contribution is 0.0261. The number of rotatable bonds is 2. The highest BCUT2D eigenvalue weighted by Gasteiger charge is 2.39. The summed E-state index contributed by atoms with van der Waals surface area (Å²) in [7, 11) is 0. The molecule has 1 N–H and O–H groups in total. The van der Waals surface area contributed by atoms with E-state index in [0.29, 0.717) is 17.9 Å². The van der Waals surface area contributed by atoms with Gasteiger partial charge in [0.1, 0.15) is 0 Å². The van der Waals surface area contributed by atoms with E-state index in [2.05, 4.69) is 17.1 Å². The maximum atomic E-state index is 12.3. The Morgan fingerprint density at radius 2 is 2.00 bits per heavy atom. The summed E-state index contributed by atoms with van der Waals surface area (Å²) in [5, 5.41) is 3.24. The topological polar surface area (TPSA) is 32.3 Å². The number of piperidine rings is 3. The molecule has 102 valence electrons. The summed E-state index contributed by atoms with van der Waals surface area (Å²) in [6, 6.07) is 8.14. The van der Waals surface area contributed by atoms with Gasteiger partial charge < -0.3 is 10.2 Å². The van der Waals surface area contributed by atoms with Crippen LogP contribution in [0.2, 0.25) is 0 Å². The Bertz CT molecular complexity index is 468. The Balaban J connectivity index is 1.68. The van der Waals surface area contributed by atoms with Gasteiger partial charge in [0.2, 0.25) is 0 Å². The molecule has 3 aliphatic heterocycles. The van der Waals surface area contributed by atoms with Gasteiger partial charge in [-0.2, -0.15) is 0 Å². The van der Waals surface area contributed by atoms with Crippen molar-refractivity contribution < 1.29 is 4.79 Å². The molecule has 3 fully saturated rings. The van der Waals surface area contributed by atoms with Gasteiger partial charge in [0.15, 0.2) is 0 Å². The van der Waals surface area contributed by atoms with Crippen LogP contribution >= 0.6 is 0 Å². The Kier molecular flexibility index (Phi) is 3.31. The summed E-state index contributed by atoms with van der Waals surface area (Å²) in [6.07, 6.45) is 1.22. The van der Waals surface area contributed by atoms with E-state index < -0.39 is 0 Å². The molecule has 0 aliphatic carbocycles. The molecule has 3 heteroatoms. The molecule has 4 unspecified atom stereocenters. The minimum absolute atomic E-state index is 0.0750. The predicted octanol–water partition coefficient (Wildman–Crippen LogP) is 2.07. The zero-order chi connectivity index (χ0) is 13.4. The Morgan fingerprint density at radius 1 is 1.26 bits per heavy atom. The van der Waals surface area contributed by atoms with Gasteiger partial charge in [-0.3, -0.25) is 4.79 Å². The molecule has 4 rings (SSSR count). The lowest BCUT2D eigenvalue weighted by atomic mass is 9.77. The lowest BCUT2D eigenvalue weighted by Crippen LogP contribution is -2.60. The quantitative estimate of drug-likeness (QED) is 0.880. The smallest absolute Gasteiger partial charge is 0.251 e. The fourth-order valence-corrected chi connectivity index (χ4v) is 3.54. The number of amides is 1. The van der Waals surface area contributed by atoms with E-state index in [1.807, 2.05) is 31.2 Å². The van der Waals surface area contributed by atoms with E-state index in [1.165, 1.54) is 25.1 Å². The van der Waals surface area contributed by atoms with Gasteiger partial charge >= 0.3 is 0 Å². The summed E-state index contributed by atoms with van der Waals surface area (Å²) in [5.41, 5.74) is 1.96. The highest BCUT2D eigenvalue weighted by atomic mass is 16.1. The van der Waals surface area contributed by atoms with Crippen molar-refractivity contribution in [2.45, 2.75) is 26.3 Å². The molecule has 3 saturated heterocycles. The second-order valence-corrected chi connectivity index (χ2v) is 6.14. The SMILES string of the molecule is Cc1ccc(C(=O)NC2CN3CCC2C(C)C3)cc1. The molecule has 3 aliphatic rings. The van der Waals surface area contributed by atoms with Gasteiger partial charge in [0, 0.05) is 24.7 Å². The number of hydrogen-bond acceptors (Lipinski definition) is 2. The van der Waals surface area contributed by atoms with Crippen LogP contribution in [0.15, 0.2) is 24.3 Å². The number of carbonyl (C=O) groups is 1. The van der Waals surface area contributed by atoms with Crippen LogP contribution in [0.25, 0.3) is 0 Å². The molecule has 1 aromatic carbocycles. The second kappa shape index (κ2) is 4.97. The van der Waals surface area contributed by atoms with E-state index in [9.17, 15) is 4.79 Å². The van der Waals surface area contributed by atoms with Crippen LogP contribution < -0.4 is 5.32 Å². The summed E-state index contributed by atoms with van der Waals surface area (Å²) >= 11 is 0. The number of aryl methyl sites for hydroxylation is 1. The first-order valence-electron chi connectivity index (χ1n) is 7.23. The van der Waals surface area contributed by atoms with E-state index in [1.54, 1.807) is 0 Å². The van der Waals surface area contributed by atoms with Crippen molar-refractivity contribution in [2.75, 3.05) is 19.6 Å². The first kappa shape index (κ1) is 12.7. The highest BCUT2D eigenvalue weighted by Crippen LogP contribution is 2.32. The molecule has 2 bridgehead atoms. The van der Waals surface area contributed by atoms with Crippen molar-refractivity contribution in [3.63, 3.8) is 0 Å². The highest BCUT2D eigenvalue weighted by molar-refractivity contribution is 5.94. The molecule has 0 radical (unpaired) electrons. The Labute approximate surface area is 115 Å². The summed E-state index contributed by atoms with van der Waals surface area (Å²) in [6.45, 7) is 7.76. The van der Waals surface area contributed by atoms with E-state index in [4.69, 9.17) is 0 Å². The van der Waals surface area contributed by atoms with Crippen molar-refractivity contribution in [3.8, 4) is 0 Å². The van der Waals surface area contributed by atoms with E-state index >= 15 is 0 Å². The molecule has 1 aromatic rings. The summed E-state index contributed by atoms with van der Waals surface area (Å²) < 4.78 is 0. The number of nitrogens with one attached hydrogen (secondary N) is 1. The summed E-state index contributed by atoms with van der Waals surface area (Å²) in [5.74, 6) is 1.43. The molecule has 3 nitrogen and oxygen atoms in total. The zero-order valence-corrected chi connectivity index (χ0v) is 11.7. The van der Waals surface area contributed by atoms with E-state index in [-0.39, 0.29) is 5.91 Å². The Morgan fingerprint density at radius 3 is 2.63 bits per heavy atom. The van der Waals surface area contributed by atoms with Crippen LogP contribution in [-0.2, 0) is 0 Å². The molecule has 4 atom stereocenters. The molecule has 0 saturated carbocycles. The first-order chi connectivity index (χ1) is 9.13. The minimum atomic E-state index is 0.0750. The minimum Gasteiger partial charge on any atom is -0.348 e. The Hall–Kier alpha value is -1.35. The first-order valence-corrected chi connectivity index (χ1v) is 7.23. The van der Waals surface area contributed by atoms with Gasteiger partial charge in [-0.15, -0.1) is 0 Å². The normalized spacial score (nSPS) is 33.2. The molecule has 1 amide bonds. The third-order valence-corrected chi connectivity index (χ3v) is 4.66. The van der Waals surface area contributed by atoms with Crippen LogP contribution in [0, 0.1) is 18.8 Å². The van der Waals surface area contributed by atoms with Crippen molar-refractivity contribution in [1.29, 1.82) is 0 Å². The summed E-state index contributed by atoms with van der Waals surface area (Å²) in [4.78, 5) is 14.8. The average Bonchev–Trinajstić information content (AvgIpc) is 2.39. The van der Waals surface area contributed by atoms with Gasteiger partial charge in [-0.1, -0.05) is 24.6 Å². The third-order valence-electron chi connectivity index (χ3n) is 4.66. The number of carbonyl (C=O) groups excluding carboxylic acids is 1. The number of hydrogen-bond donors (Lipinski definition) is 1. The van der Waals surface area contributed by atoms with Crippen molar-refractivity contribution in [3.05, 3.63) is 35.4 Å². The van der Waals surface area contributed by atoms with Crippen LogP contribution in [0.1, 0.15) is 29.3 Å². The standard InChI is InChI=1S/C16H22N2O/c1-11-3-5-13(6-4-11)16(19)17-15-10-18-8-7-14(15)12(2)9-18/h3-6,12,14-15H,7-10H2,1-2H3,(H,17,19). The van der Waals surface area contributed by atoms with E-state index in [0.717, 1.165) is 12.1 Å². The van der Waals surface area contributed by atoms with Gasteiger partial charge in [-0.05, 0) is 43.9 Å². The van der Waals surface area contributed by atoms with Crippen molar-refractivity contribution in [2.24, 2.45) is 11.8 Å². The number of fused-ring (bicyclic) bond motifs is 3. The van der Waals surface area contributed by atoms with Gasteiger partial charge in [0.25, 0.3) is 5.91 Å². The molecular weight excluding hydrogens is 236 g/mol. The monoisotopic (exact) mass is 258 g/mol. The van der Waals surface area contributed by atoms with Crippen LogP contribution in [-0.4, -0.2) is 36.5 Å². The van der Waals surface area contributed by atoms with Crippen molar-refractivity contribution in [1.82, 2.24) is 10.2 Å². The fourth-order valence-electron chi connectivity index (χ4n) is 3.54. The second-order valence-electron chi connectivity index (χ2n) is 6.14. The largest absolute Gasteiger partial charge is 0.348 e. The van der Waals surface area contributed by atoms with Crippen LogP contribution in [0.5, 0.6) is 0 Å².